The number of carboxylic acids is 1. The molecule has 1 fully saturated rings. The van der Waals surface area contributed by atoms with E-state index in [2.05, 4.69) is 4.90 Å². The molecule has 1 atom stereocenters. The molecule has 1 aromatic heterocycles. The first-order valence-electron chi connectivity index (χ1n) is 7.92. The van der Waals surface area contributed by atoms with Gasteiger partial charge < -0.3 is 9.52 Å². The van der Waals surface area contributed by atoms with Crippen molar-refractivity contribution in [3.05, 3.63) is 51.2 Å². The van der Waals surface area contributed by atoms with Gasteiger partial charge in [0.2, 0.25) is 0 Å². The van der Waals surface area contributed by atoms with E-state index in [0.29, 0.717) is 36.6 Å². The van der Waals surface area contributed by atoms with E-state index >= 15 is 0 Å². The monoisotopic (exact) mass is 364 g/mol. The average Bonchev–Trinajstić information content (AvgIpc) is 3.03. The second-order valence-corrected chi connectivity index (χ2v) is 6.51. The van der Waals surface area contributed by atoms with Gasteiger partial charge in [0.05, 0.1) is 22.4 Å². The Labute approximate surface area is 149 Å². The molecule has 7 nitrogen and oxygen atoms in total. The minimum atomic E-state index is -0.762. The highest BCUT2D eigenvalue weighted by molar-refractivity contribution is 6.33. The number of hydrogen-bond acceptors (Lipinski definition) is 5. The lowest BCUT2D eigenvalue weighted by Crippen LogP contribution is -2.38. The number of carboxylic acid groups (broad SMARTS) is 1. The van der Waals surface area contributed by atoms with Crippen molar-refractivity contribution >= 4 is 23.3 Å². The van der Waals surface area contributed by atoms with Crippen LogP contribution in [-0.4, -0.2) is 34.0 Å². The third-order valence-corrected chi connectivity index (χ3v) is 4.64. The van der Waals surface area contributed by atoms with Crippen molar-refractivity contribution in [1.29, 1.82) is 0 Å². The maximum atomic E-state index is 11.1. The summed E-state index contributed by atoms with van der Waals surface area (Å²) in [7, 11) is 0. The van der Waals surface area contributed by atoms with Crippen LogP contribution in [0.4, 0.5) is 5.69 Å². The van der Waals surface area contributed by atoms with Crippen molar-refractivity contribution in [2.24, 2.45) is 5.92 Å². The third kappa shape index (κ3) is 4.00. The van der Waals surface area contributed by atoms with Crippen LogP contribution in [0.3, 0.4) is 0 Å². The summed E-state index contributed by atoms with van der Waals surface area (Å²) < 4.78 is 5.81. The molecule has 2 heterocycles. The number of rotatable bonds is 5. The number of aliphatic carboxylic acids is 1. The molecule has 1 aromatic carbocycles. The largest absolute Gasteiger partial charge is 0.481 e. The fraction of sp³-hybridized carbons (Fsp3) is 0.353. The number of furan rings is 1. The Morgan fingerprint density at radius 1 is 1.40 bits per heavy atom. The Kier molecular flexibility index (Phi) is 5.06. The average molecular weight is 365 g/mol. The van der Waals surface area contributed by atoms with Crippen LogP contribution in [0.2, 0.25) is 5.02 Å². The second kappa shape index (κ2) is 7.25. The molecule has 0 saturated carbocycles. The lowest BCUT2D eigenvalue weighted by molar-refractivity contribution is -0.384. The zero-order valence-corrected chi connectivity index (χ0v) is 14.1. The molecular weight excluding hydrogens is 348 g/mol. The molecule has 1 saturated heterocycles. The summed E-state index contributed by atoms with van der Waals surface area (Å²) in [6.45, 7) is 1.86. The van der Waals surface area contributed by atoms with Gasteiger partial charge in [-0.25, -0.2) is 0 Å². The summed E-state index contributed by atoms with van der Waals surface area (Å²) in [5.74, 6) is 0.131. The molecule has 2 aromatic rings. The molecule has 0 aliphatic carbocycles. The van der Waals surface area contributed by atoms with Gasteiger partial charge in [-0.3, -0.25) is 19.8 Å². The van der Waals surface area contributed by atoms with Crippen LogP contribution in [0.5, 0.6) is 0 Å². The Morgan fingerprint density at radius 3 is 2.88 bits per heavy atom. The van der Waals surface area contributed by atoms with Crippen LogP contribution < -0.4 is 0 Å². The number of nitro benzene ring substituents is 1. The third-order valence-electron chi connectivity index (χ3n) is 4.32. The molecule has 1 unspecified atom stereocenters. The molecule has 3 rings (SSSR count). The lowest BCUT2D eigenvalue weighted by atomic mass is 9.98. The van der Waals surface area contributed by atoms with Gasteiger partial charge in [-0.15, -0.1) is 0 Å². The molecule has 1 aliphatic rings. The van der Waals surface area contributed by atoms with Crippen molar-refractivity contribution in [2.45, 2.75) is 19.4 Å². The summed E-state index contributed by atoms with van der Waals surface area (Å²) in [6.07, 6.45) is 1.55. The van der Waals surface area contributed by atoms with E-state index in [9.17, 15) is 14.9 Å². The van der Waals surface area contributed by atoms with Gasteiger partial charge in [-0.05, 0) is 37.6 Å². The van der Waals surface area contributed by atoms with Crippen LogP contribution in [0.25, 0.3) is 11.3 Å². The minimum Gasteiger partial charge on any atom is -0.481 e. The minimum absolute atomic E-state index is 0.0754. The summed E-state index contributed by atoms with van der Waals surface area (Å²) in [5, 5.41) is 20.2. The molecule has 1 N–H and O–H groups in total. The first kappa shape index (κ1) is 17.4. The van der Waals surface area contributed by atoms with Crippen molar-refractivity contribution in [2.75, 3.05) is 13.1 Å². The fourth-order valence-corrected chi connectivity index (χ4v) is 3.31. The zero-order chi connectivity index (χ0) is 18.0. The smallest absolute Gasteiger partial charge is 0.307 e. The SMILES string of the molecule is O=C(O)C1CCCN(Cc2ccc(-c3ccc([N+](=O)[O-])cc3Cl)o2)C1. The normalized spacial score (nSPS) is 18.2. The molecular formula is C17H17ClN2O5. The number of carbonyl (C=O) groups is 1. The topological polar surface area (TPSA) is 96.8 Å². The lowest BCUT2D eigenvalue weighted by Gasteiger charge is -2.29. The van der Waals surface area contributed by atoms with Gasteiger partial charge >= 0.3 is 5.97 Å². The number of nitro groups is 1. The van der Waals surface area contributed by atoms with Gasteiger partial charge in [0.1, 0.15) is 11.5 Å². The predicted molar refractivity (Wildman–Crippen MR) is 91.4 cm³/mol. The number of nitrogens with zero attached hydrogens (tertiary/aromatic N) is 2. The molecule has 8 heteroatoms. The van der Waals surface area contributed by atoms with E-state index in [1.807, 2.05) is 6.07 Å². The highest BCUT2D eigenvalue weighted by Gasteiger charge is 2.26. The van der Waals surface area contributed by atoms with Gasteiger partial charge in [0, 0.05) is 24.2 Å². The van der Waals surface area contributed by atoms with Gasteiger partial charge in [0.15, 0.2) is 0 Å². The summed E-state index contributed by atoms with van der Waals surface area (Å²) in [5.41, 5.74) is 0.508. The number of hydrogen-bond donors (Lipinski definition) is 1. The molecule has 0 radical (unpaired) electrons. The maximum absolute atomic E-state index is 11.1. The van der Waals surface area contributed by atoms with E-state index in [-0.39, 0.29) is 16.6 Å². The molecule has 0 spiro atoms. The summed E-state index contributed by atoms with van der Waals surface area (Å²) in [6, 6.07) is 7.82. The molecule has 0 bridgehead atoms. The fourth-order valence-electron chi connectivity index (χ4n) is 3.05. The molecule has 1 aliphatic heterocycles. The van der Waals surface area contributed by atoms with Gasteiger partial charge in [-0.2, -0.15) is 0 Å². The van der Waals surface area contributed by atoms with Crippen molar-refractivity contribution in [3.8, 4) is 11.3 Å². The first-order valence-corrected chi connectivity index (χ1v) is 8.30. The predicted octanol–water partition coefficient (Wildman–Crippen LogP) is 3.80. The Hall–Kier alpha value is -2.38. The number of likely N-dealkylation sites (tertiary alicyclic amines) is 1. The van der Waals surface area contributed by atoms with Crippen LogP contribution >= 0.6 is 11.6 Å². The summed E-state index contributed by atoms with van der Waals surface area (Å²) in [4.78, 5) is 23.5. The molecule has 25 heavy (non-hydrogen) atoms. The highest BCUT2D eigenvalue weighted by atomic mass is 35.5. The molecule has 0 amide bonds. The van der Waals surface area contributed by atoms with E-state index in [4.69, 9.17) is 21.1 Å². The number of piperidine rings is 1. The highest BCUT2D eigenvalue weighted by Crippen LogP contribution is 2.32. The van der Waals surface area contributed by atoms with E-state index in [1.165, 1.54) is 12.1 Å². The van der Waals surface area contributed by atoms with Crippen LogP contribution in [0.15, 0.2) is 34.7 Å². The second-order valence-electron chi connectivity index (χ2n) is 6.10. The number of non-ortho nitro benzene ring substituents is 1. The number of benzene rings is 1. The van der Waals surface area contributed by atoms with Crippen LogP contribution in [-0.2, 0) is 11.3 Å². The maximum Gasteiger partial charge on any atom is 0.307 e. The van der Waals surface area contributed by atoms with E-state index in [0.717, 1.165) is 13.0 Å². The van der Waals surface area contributed by atoms with Gasteiger partial charge in [-0.1, -0.05) is 11.6 Å². The van der Waals surface area contributed by atoms with Crippen LogP contribution in [0.1, 0.15) is 18.6 Å². The van der Waals surface area contributed by atoms with E-state index < -0.39 is 10.9 Å². The Balaban J connectivity index is 1.72. The van der Waals surface area contributed by atoms with Gasteiger partial charge in [0.25, 0.3) is 5.69 Å². The first-order chi connectivity index (χ1) is 11.9. The van der Waals surface area contributed by atoms with E-state index in [1.54, 1.807) is 12.1 Å². The number of halogens is 1. The van der Waals surface area contributed by atoms with Crippen molar-refractivity contribution < 1.29 is 19.2 Å². The quantitative estimate of drug-likeness (QED) is 0.640. The standard InChI is InChI=1S/C17H17ClN2O5/c18-15-8-12(20(23)24)3-5-14(15)16-6-4-13(25-16)10-19-7-1-2-11(9-19)17(21)22/h3-6,8,11H,1-2,7,9-10H2,(H,21,22). The Morgan fingerprint density at radius 2 is 2.20 bits per heavy atom. The van der Waals surface area contributed by atoms with Crippen molar-refractivity contribution in [3.63, 3.8) is 0 Å². The Bertz CT molecular complexity index is 804. The molecule has 132 valence electrons. The van der Waals surface area contributed by atoms with Crippen LogP contribution in [0, 0.1) is 16.0 Å². The van der Waals surface area contributed by atoms with Crippen molar-refractivity contribution in [1.82, 2.24) is 4.90 Å². The zero-order valence-electron chi connectivity index (χ0n) is 13.4. The summed E-state index contributed by atoms with van der Waals surface area (Å²) >= 11 is 6.12.